The van der Waals surface area contributed by atoms with Gasteiger partial charge >= 0.3 is 17.1 Å². The molecule has 15 heavy (non-hydrogen) atoms. The van der Waals surface area contributed by atoms with Gasteiger partial charge in [0.05, 0.1) is 0 Å². The molecule has 0 unspecified atom stereocenters. The summed E-state index contributed by atoms with van der Waals surface area (Å²) in [6.45, 7) is 28.5. The fraction of sp³-hybridized carbons (Fsp3) is 0. The van der Waals surface area contributed by atoms with E-state index >= 15 is 0 Å². The van der Waals surface area contributed by atoms with Crippen molar-refractivity contribution in [2.75, 3.05) is 0 Å². The van der Waals surface area contributed by atoms with Crippen molar-refractivity contribution in [3.63, 3.8) is 0 Å². The van der Waals surface area contributed by atoms with Gasteiger partial charge in [-0.25, -0.2) is 0 Å². The maximum atomic E-state index is 6.25. The van der Waals surface area contributed by atoms with Crippen molar-refractivity contribution in [3.05, 3.63) is 39.4 Å². The summed E-state index contributed by atoms with van der Waals surface area (Å²) >= 11 is 0. The number of hydrogen-bond acceptors (Lipinski definition) is 6. The number of nitrogens with zero attached hydrogens (tertiary/aromatic N) is 6. The van der Waals surface area contributed by atoms with E-state index in [2.05, 4.69) is 0 Å². The van der Waals surface area contributed by atoms with E-state index in [0.29, 0.717) is 0 Å². The molecule has 0 amide bonds. The molecule has 0 aromatic heterocycles. The van der Waals surface area contributed by atoms with Gasteiger partial charge in [-0.15, -0.1) is 0 Å². The zero-order chi connectivity index (χ0) is 12.0. The van der Waals surface area contributed by atoms with Gasteiger partial charge in [-0.3, -0.25) is 0 Å². The van der Waals surface area contributed by atoms with Crippen LogP contribution < -0.4 is 0 Å². The van der Waals surface area contributed by atoms with Crippen LogP contribution in [0.1, 0.15) is 0 Å². The summed E-state index contributed by atoms with van der Waals surface area (Å²) < 4.78 is 0. The minimum Gasteiger partial charge on any atom is -0.512 e. The first-order valence-electron chi connectivity index (χ1n) is 1.34. The largest absolute Gasteiger partial charge is 6.00 e. The first kappa shape index (κ1) is 104. The number of rotatable bonds is 0. The average Bonchev–Trinajstić information content (AvgIpc) is 2.33. The Morgan fingerprint density at radius 1 is 0.400 bits per heavy atom. The molecule has 9 heteroatoms. The van der Waals surface area contributed by atoms with Crippen molar-refractivity contribution in [2.24, 2.45) is 0 Å². The normalized spacial score (nSPS) is 0.800. The van der Waals surface area contributed by atoms with Crippen LogP contribution in [0.2, 0.25) is 0 Å². The molecule has 0 rings (SSSR count). The van der Waals surface area contributed by atoms with E-state index in [9.17, 15) is 0 Å². The second kappa shape index (κ2) is 733. The Morgan fingerprint density at radius 2 is 0.400 bits per heavy atom. The summed E-state index contributed by atoms with van der Waals surface area (Å²) in [5, 5.41) is 37.5. The van der Waals surface area contributed by atoms with E-state index in [-0.39, 0.29) is 51.2 Å². The van der Waals surface area contributed by atoms with Gasteiger partial charge in [-0.2, -0.15) is 0 Å². The molecule has 0 bridgehead atoms. The van der Waals surface area contributed by atoms with Crippen LogP contribution in [-0.4, -0.2) is 0 Å². The third-order valence-electron chi connectivity index (χ3n) is 0. The Kier molecular flexibility index (Phi) is 5090. The summed E-state index contributed by atoms with van der Waals surface area (Å²) in [5.74, 6) is 0. The van der Waals surface area contributed by atoms with Gasteiger partial charge in [0.15, 0.2) is 0 Å². The molecule has 0 aliphatic heterocycles. The van der Waals surface area contributed by atoms with Crippen molar-refractivity contribution in [1.29, 1.82) is 31.6 Å². The Balaban J connectivity index is -0.00000000396. The van der Waals surface area contributed by atoms with Gasteiger partial charge in [0.2, 0.25) is 0 Å². The molecule has 0 spiro atoms. The monoisotopic (exact) mass is 331 g/mol. The first-order chi connectivity index (χ1) is 6.00. The molecule has 0 atom stereocenters. The minimum atomic E-state index is 0. The van der Waals surface area contributed by atoms with Gasteiger partial charge < -0.3 is 71.0 Å². The maximum Gasteiger partial charge on any atom is 6.00 e. The van der Waals surface area contributed by atoms with Gasteiger partial charge in [-0.1, -0.05) is 0 Å². The summed E-state index contributed by atoms with van der Waals surface area (Å²) in [6.07, 6.45) is 0. The van der Waals surface area contributed by atoms with E-state index in [1.165, 1.54) is 0 Å². The second-order valence-electron chi connectivity index (χ2n) is 0. The Hall–Kier alpha value is -1.50. The van der Waals surface area contributed by atoms with Crippen LogP contribution in [0.3, 0.4) is 0 Å². The topological polar surface area (TPSA) is 143 Å². The van der Waals surface area contributed by atoms with E-state index in [1.54, 1.807) is 0 Å². The molecule has 0 saturated carbocycles. The molecule has 0 aromatic rings. The Bertz CT molecular complexity index is 101. The van der Waals surface area contributed by atoms with E-state index in [1.807, 2.05) is 0 Å². The zero-order valence-electron chi connectivity index (χ0n) is 6.69. The summed E-state index contributed by atoms with van der Waals surface area (Å²) in [7, 11) is 0. The SMILES string of the molecule is [C-]#N.[C-]#N.[C-]#N.[C-]#N.[C-]#N.[C-]#N.[Cu].[Fe+6].[Fe]. The summed E-state index contributed by atoms with van der Waals surface area (Å²) in [6, 6.07) is 0. The van der Waals surface area contributed by atoms with Gasteiger partial charge in [-0.05, 0) is 0 Å². The molecular formula is C6CuFe2N6. The average molecular weight is 331 g/mol. The Labute approximate surface area is 122 Å². The smallest absolute Gasteiger partial charge is 0.512 e. The third-order valence-corrected chi connectivity index (χ3v) is 0. The van der Waals surface area contributed by atoms with Crippen molar-refractivity contribution in [3.8, 4) is 0 Å². The molecule has 81 valence electrons. The van der Waals surface area contributed by atoms with Crippen molar-refractivity contribution < 1.29 is 51.2 Å². The van der Waals surface area contributed by atoms with Gasteiger partial charge in [0, 0.05) is 34.1 Å². The molecule has 6 nitrogen and oxygen atoms in total. The molecule has 0 fully saturated rings. The molecule has 0 aliphatic rings. The second-order valence-corrected chi connectivity index (χ2v) is 0. The van der Waals surface area contributed by atoms with Crippen molar-refractivity contribution in [2.45, 2.75) is 0 Å². The molecule has 0 N–H and O–H groups in total. The zero-order valence-corrected chi connectivity index (χ0v) is 9.84. The van der Waals surface area contributed by atoms with Crippen molar-refractivity contribution in [1.82, 2.24) is 0 Å². The van der Waals surface area contributed by atoms with Crippen LogP contribution in [0.4, 0.5) is 0 Å². The molecule has 1 radical (unpaired) electrons. The van der Waals surface area contributed by atoms with Crippen LogP contribution in [0.15, 0.2) is 0 Å². The fourth-order valence-corrected chi connectivity index (χ4v) is 0. The van der Waals surface area contributed by atoms with E-state index in [4.69, 9.17) is 71.0 Å². The van der Waals surface area contributed by atoms with Crippen LogP contribution in [0.25, 0.3) is 0 Å². The predicted octanol–water partition coefficient (Wildman–Crippen LogP) is 0.571. The van der Waals surface area contributed by atoms with E-state index in [0.717, 1.165) is 0 Å². The molecular weight excluding hydrogens is 331 g/mol. The third kappa shape index (κ3) is 611. The minimum absolute atomic E-state index is 0. The van der Waals surface area contributed by atoms with Gasteiger partial charge in [0.25, 0.3) is 0 Å². The fourth-order valence-electron chi connectivity index (χ4n) is 0. The molecule has 0 aliphatic carbocycles. The van der Waals surface area contributed by atoms with Crippen molar-refractivity contribution >= 4 is 0 Å². The quantitative estimate of drug-likeness (QED) is 0.469. The van der Waals surface area contributed by atoms with Crippen LogP contribution >= 0.6 is 0 Å². The molecule has 0 saturated heterocycles. The van der Waals surface area contributed by atoms with E-state index < -0.39 is 0 Å². The molecule has 0 heterocycles. The van der Waals surface area contributed by atoms with Gasteiger partial charge in [0.1, 0.15) is 0 Å². The van der Waals surface area contributed by atoms with Crippen LogP contribution in [0, 0.1) is 71.0 Å². The first-order valence-corrected chi connectivity index (χ1v) is 1.34. The standard InChI is InChI=1S/6CN.Cu.2Fe/c6*1-2;;;/q6*-1;;;+6. The number of hydrogen-bond donors (Lipinski definition) is 0. The van der Waals surface area contributed by atoms with Crippen LogP contribution in [-0.2, 0) is 51.2 Å². The Morgan fingerprint density at radius 3 is 0.400 bits per heavy atom. The van der Waals surface area contributed by atoms with Crippen LogP contribution in [0.5, 0.6) is 0 Å². The molecule has 0 aromatic carbocycles. The maximum absolute atomic E-state index is 6.25. The summed E-state index contributed by atoms with van der Waals surface area (Å²) in [4.78, 5) is 0. The summed E-state index contributed by atoms with van der Waals surface area (Å²) in [5.41, 5.74) is 0. The predicted molar refractivity (Wildman–Crippen MR) is 29.8 cm³/mol.